The molecule has 1 aromatic heterocycles. The number of ether oxygens (including phenoxy) is 1. The Morgan fingerprint density at radius 3 is 2.94 bits per heavy atom. The number of hydrogen-bond donors (Lipinski definition) is 0. The van der Waals surface area contributed by atoms with Gasteiger partial charge in [0.25, 0.3) is 0 Å². The highest BCUT2D eigenvalue weighted by Gasteiger charge is 2.18. The number of aromatic nitrogens is 2. The molecule has 2 rings (SSSR count). The van der Waals surface area contributed by atoms with Crippen LogP contribution in [0.2, 0.25) is 0 Å². The molecule has 5 heteroatoms. The molecule has 0 spiro atoms. The summed E-state index contributed by atoms with van der Waals surface area (Å²) in [5.74, 6) is 0.457. The van der Waals surface area contributed by atoms with Gasteiger partial charge in [0, 0.05) is 19.7 Å². The van der Waals surface area contributed by atoms with Gasteiger partial charge in [0.1, 0.15) is 0 Å². The van der Waals surface area contributed by atoms with Gasteiger partial charge in [-0.05, 0) is 43.8 Å². The fourth-order valence-electron chi connectivity index (χ4n) is 2.37. The average Bonchev–Trinajstić information content (AvgIpc) is 2.78. The van der Waals surface area contributed by atoms with Crippen molar-refractivity contribution in [1.82, 2.24) is 14.5 Å². The maximum atomic E-state index is 5.78. The van der Waals surface area contributed by atoms with Crippen molar-refractivity contribution in [2.45, 2.75) is 51.7 Å². The Morgan fingerprint density at radius 2 is 2.28 bits per heavy atom. The first-order chi connectivity index (χ1) is 8.66. The second-order valence-electron chi connectivity index (χ2n) is 5.42. The summed E-state index contributed by atoms with van der Waals surface area (Å²) in [6.07, 6.45) is 4.13. The van der Waals surface area contributed by atoms with Crippen LogP contribution in [0, 0.1) is 0 Å². The molecule has 1 aromatic rings. The molecule has 1 fully saturated rings. The highest BCUT2D eigenvalue weighted by molar-refractivity contribution is 7.05. The van der Waals surface area contributed by atoms with Gasteiger partial charge >= 0.3 is 0 Å². The third-order valence-electron chi connectivity index (χ3n) is 3.33. The zero-order chi connectivity index (χ0) is 13.0. The smallest absolute Gasteiger partial charge is 0.0826 e. The average molecular weight is 269 g/mol. The lowest BCUT2D eigenvalue weighted by atomic mass is 10.1. The molecule has 18 heavy (non-hydrogen) atoms. The van der Waals surface area contributed by atoms with Crippen molar-refractivity contribution in [3.8, 4) is 0 Å². The maximum absolute atomic E-state index is 5.78. The molecule has 0 radical (unpaired) electrons. The van der Waals surface area contributed by atoms with Crippen LogP contribution in [0.25, 0.3) is 0 Å². The molecule has 2 heterocycles. The fourth-order valence-corrected chi connectivity index (χ4v) is 3.25. The van der Waals surface area contributed by atoms with Gasteiger partial charge in [0.05, 0.1) is 16.7 Å². The van der Waals surface area contributed by atoms with Gasteiger partial charge in [-0.25, -0.2) is 0 Å². The quantitative estimate of drug-likeness (QED) is 0.823. The van der Waals surface area contributed by atoms with Gasteiger partial charge in [-0.3, -0.25) is 4.90 Å². The van der Waals surface area contributed by atoms with E-state index < -0.39 is 0 Å². The SMILES string of the molecule is CC(C)c1nnsc1CN(C)C[C@H]1CCCCO1. The summed E-state index contributed by atoms with van der Waals surface area (Å²) in [5, 5.41) is 4.23. The predicted molar refractivity (Wildman–Crippen MR) is 73.9 cm³/mol. The zero-order valence-electron chi connectivity index (χ0n) is 11.6. The van der Waals surface area contributed by atoms with Crippen LogP contribution in [0.3, 0.4) is 0 Å². The largest absolute Gasteiger partial charge is 0.377 e. The Kier molecular flexibility index (Phi) is 5.09. The van der Waals surface area contributed by atoms with Crippen LogP contribution in [0.1, 0.15) is 49.6 Å². The lowest BCUT2D eigenvalue weighted by Gasteiger charge is -2.27. The third-order valence-corrected chi connectivity index (χ3v) is 4.06. The first-order valence-corrected chi connectivity index (χ1v) is 7.55. The molecule has 1 aliphatic rings. The Morgan fingerprint density at radius 1 is 1.44 bits per heavy atom. The highest BCUT2D eigenvalue weighted by atomic mass is 32.1. The number of nitrogens with zero attached hydrogens (tertiary/aromatic N) is 3. The van der Waals surface area contributed by atoms with E-state index in [-0.39, 0.29) is 0 Å². The van der Waals surface area contributed by atoms with E-state index >= 15 is 0 Å². The van der Waals surface area contributed by atoms with E-state index in [1.165, 1.54) is 35.7 Å². The number of rotatable bonds is 5. The van der Waals surface area contributed by atoms with Crippen LogP contribution in [0.4, 0.5) is 0 Å². The highest BCUT2D eigenvalue weighted by Crippen LogP contribution is 2.21. The van der Waals surface area contributed by atoms with Crippen molar-refractivity contribution < 1.29 is 4.74 Å². The van der Waals surface area contributed by atoms with E-state index in [0.717, 1.165) is 25.4 Å². The minimum Gasteiger partial charge on any atom is -0.377 e. The summed E-state index contributed by atoms with van der Waals surface area (Å²) >= 11 is 1.52. The number of likely N-dealkylation sites (N-methyl/N-ethyl adjacent to an activating group) is 1. The van der Waals surface area contributed by atoms with E-state index in [4.69, 9.17) is 4.74 Å². The molecule has 0 aliphatic carbocycles. The van der Waals surface area contributed by atoms with E-state index in [2.05, 4.69) is 35.4 Å². The fraction of sp³-hybridized carbons (Fsp3) is 0.846. The summed E-state index contributed by atoms with van der Waals surface area (Å²) in [7, 11) is 2.15. The van der Waals surface area contributed by atoms with Crippen LogP contribution < -0.4 is 0 Å². The summed E-state index contributed by atoms with van der Waals surface area (Å²) in [6.45, 7) is 7.22. The van der Waals surface area contributed by atoms with Crippen LogP contribution in [0.5, 0.6) is 0 Å². The topological polar surface area (TPSA) is 38.2 Å². The van der Waals surface area contributed by atoms with E-state index in [1.54, 1.807) is 0 Å². The van der Waals surface area contributed by atoms with Crippen molar-refractivity contribution >= 4 is 11.5 Å². The molecule has 4 nitrogen and oxygen atoms in total. The Bertz CT molecular complexity index is 361. The van der Waals surface area contributed by atoms with E-state index in [9.17, 15) is 0 Å². The summed E-state index contributed by atoms with van der Waals surface area (Å²) < 4.78 is 9.85. The Balaban J connectivity index is 1.86. The van der Waals surface area contributed by atoms with Crippen LogP contribution in [-0.2, 0) is 11.3 Å². The molecule has 0 N–H and O–H groups in total. The normalized spacial score (nSPS) is 20.8. The monoisotopic (exact) mass is 269 g/mol. The molecule has 1 saturated heterocycles. The van der Waals surface area contributed by atoms with Crippen LogP contribution in [-0.4, -0.2) is 40.8 Å². The maximum Gasteiger partial charge on any atom is 0.0826 e. The first kappa shape index (κ1) is 13.9. The van der Waals surface area contributed by atoms with Gasteiger partial charge in [-0.1, -0.05) is 18.3 Å². The van der Waals surface area contributed by atoms with Gasteiger partial charge in [0.2, 0.25) is 0 Å². The molecular weight excluding hydrogens is 246 g/mol. The molecule has 0 amide bonds. The standard InChI is InChI=1S/C13H23N3OS/c1-10(2)13-12(18-15-14-13)9-16(3)8-11-6-4-5-7-17-11/h10-11H,4-9H2,1-3H3/t11-/m1/s1. The van der Waals surface area contributed by atoms with Crippen molar-refractivity contribution in [3.05, 3.63) is 10.6 Å². The van der Waals surface area contributed by atoms with Gasteiger partial charge in [-0.2, -0.15) is 0 Å². The molecular formula is C13H23N3OS. The van der Waals surface area contributed by atoms with Crippen molar-refractivity contribution in [3.63, 3.8) is 0 Å². The third kappa shape index (κ3) is 3.73. The zero-order valence-corrected chi connectivity index (χ0v) is 12.4. The molecule has 0 saturated carbocycles. The lowest BCUT2D eigenvalue weighted by molar-refractivity contribution is -0.00250. The van der Waals surface area contributed by atoms with Gasteiger partial charge in [-0.15, -0.1) is 5.10 Å². The summed E-state index contributed by atoms with van der Waals surface area (Å²) in [4.78, 5) is 3.63. The van der Waals surface area contributed by atoms with Crippen LogP contribution in [0.15, 0.2) is 0 Å². The second kappa shape index (κ2) is 6.59. The van der Waals surface area contributed by atoms with Crippen molar-refractivity contribution in [2.24, 2.45) is 0 Å². The minimum atomic E-state index is 0.409. The first-order valence-electron chi connectivity index (χ1n) is 6.78. The lowest BCUT2D eigenvalue weighted by Crippen LogP contribution is -2.33. The van der Waals surface area contributed by atoms with Crippen molar-refractivity contribution in [2.75, 3.05) is 20.2 Å². The van der Waals surface area contributed by atoms with E-state index in [1.807, 2.05) is 0 Å². The minimum absolute atomic E-state index is 0.409. The molecule has 1 atom stereocenters. The molecule has 0 aromatic carbocycles. The summed E-state index contributed by atoms with van der Waals surface area (Å²) in [6, 6.07) is 0. The van der Waals surface area contributed by atoms with E-state index in [0.29, 0.717) is 12.0 Å². The van der Waals surface area contributed by atoms with Crippen LogP contribution >= 0.6 is 11.5 Å². The van der Waals surface area contributed by atoms with Crippen molar-refractivity contribution in [1.29, 1.82) is 0 Å². The van der Waals surface area contributed by atoms with Gasteiger partial charge < -0.3 is 4.74 Å². The second-order valence-corrected chi connectivity index (χ2v) is 6.26. The molecule has 102 valence electrons. The summed E-state index contributed by atoms with van der Waals surface area (Å²) in [5.41, 5.74) is 1.15. The molecule has 1 aliphatic heterocycles. The number of hydrogen-bond acceptors (Lipinski definition) is 5. The Labute approximate surface area is 114 Å². The predicted octanol–water partition coefficient (Wildman–Crippen LogP) is 2.66. The molecule has 0 unspecified atom stereocenters. The molecule has 0 bridgehead atoms. The van der Waals surface area contributed by atoms with Gasteiger partial charge in [0.15, 0.2) is 0 Å². The Hall–Kier alpha value is -0.520.